The van der Waals surface area contributed by atoms with Gasteiger partial charge in [-0.25, -0.2) is 9.97 Å². The largest absolute Gasteiger partial charge is 0.338 e. The molecule has 8 heteroatoms. The van der Waals surface area contributed by atoms with Crippen LogP contribution in [0.5, 0.6) is 0 Å². The Labute approximate surface area is 152 Å². The van der Waals surface area contributed by atoms with Gasteiger partial charge < -0.3 is 20.4 Å². The molecule has 0 aliphatic carbocycles. The van der Waals surface area contributed by atoms with Crippen LogP contribution in [0.4, 0.5) is 17.3 Å². The van der Waals surface area contributed by atoms with Crippen molar-refractivity contribution in [2.75, 3.05) is 48.8 Å². The van der Waals surface area contributed by atoms with Crippen molar-refractivity contribution >= 4 is 29.1 Å². The number of nitrogens with zero attached hydrogens (tertiary/aromatic N) is 4. The maximum absolute atomic E-state index is 12.5. The highest BCUT2D eigenvalue weighted by Crippen LogP contribution is 2.15. The van der Waals surface area contributed by atoms with E-state index in [1.165, 1.54) is 6.92 Å². The summed E-state index contributed by atoms with van der Waals surface area (Å²) in [5, 5.41) is 5.49. The normalized spacial score (nSPS) is 14.8. The molecule has 1 aliphatic heterocycles. The summed E-state index contributed by atoms with van der Waals surface area (Å²) in [6.45, 7) is 5.02. The summed E-state index contributed by atoms with van der Waals surface area (Å²) in [5.74, 6) is 0.140. The SMILES string of the molecule is CC(=O)Nc1ccc(NC(=O)c2ccnc(N3CCN(C)CC3)n2)cc1. The predicted octanol–water partition coefficient (Wildman–Crippen LogP) is 1.44. The first-order valence-corrected chi connectivity index (χ1v) is 8.47. The van der Waals surface area contributed by atoms with Crippen LogP contribution < -0.4 is 15.5 Å². The van der Waals surface area contributed by atoms with Crippen LogP contribution in [0, 0.1) is 0 Å². The first-order valence-electron chi connectivity index (χ1n) is 8.47. The molecule has 1 aliphatic rings. The van der Waals surface area contributed by atoms with Gasteiger partial charge in [0.05, 0.1) is 0 Å². The molecule has 0 bridgehead atoms. The fraction of sp³-hybridized carbons (Fsp3) is 0.333. The van der Waals surface area contributed by atoms with Crippen molar-refractivity contribution in [3.05, 3.63) is 42.2 Å². The second-order valence-electron chi connectivity index (χ2n) is 6.24. The van der Waals surface area contributed by atoms with E-state index in [-0.39, 0.29) is 11.8 Å². The highest BCUT2D eigenvalue weighted by molar-refractivity contribution is 6.03. The molecule has 0 saturated carbocycles. The molecule has 2 N–H and O–H groups in total. The second kappa shape index (κ2) is 7.92. The van der Waals surface area contributed by atoms with Crippen LogP contribution in [-0.4, -0.2) is 59.9 Å². The van der Waals surface area contributed by atoms with Gasteiger partial charge in [-0.1, -0.05) is 0 Å². The Morgan fingerprint density at radius 3 is 2.19 bits per heavy atom. The highest BCUT2D eigenvalue weighted by atomic mass is 16.2. The van der Waals surface area contributed by atoms with Gasteiger partial charge in [0.25, 0.3) is 5.91 Å². The third-order valence-corrected chi connectivity index (χ3v) is 4.12. The summed E-state index contributed by atoms with van der Waals surface area (Å²) >= 11 is 0. The van der Waals surface area contributed by atoms with Gasteiger partial charge in [-0.15, -0.1) is 0 Å². The van der Waals surface area contributed by atoms with Gasteiger partial charge in [-0.05, 0) is 37.4 Å². The molecule has 2 amide bonds. The van der Waals surface area contributed by atoms with E-state index in [1.54, 1.807) is 36.5 Å². The van der Waals surface area contributed by atoms with E-state index in [4.69, 9.17) is 0 Å². The molecule has 0 radical (unpaired) electrons. The molecular weight excluding hydrogens is 332 g/mol. The number of carbonyl (C=O) groups excluding carboxylic acids is 2. The number of carbonyl (C=O) groups is 2. The summed E-state index contributed by atoms with van der Waals surface area (Å²) in [4.78, 5) is 36.5. The summed E-state index contributed by atoms with van der Waals surface area (Å²) in [6.07, 6.45) is 1.61. The summed E-state index contributed by atoms with van der Waals surface area (Å²) < 4.78 is 0. The van der Waals surface area contributed by atoms with Gasteiger partial charge in [0.1, 0.15) is 5.69 Å². The molecule has 1 fully saturated rings. The molecule has 1 saturated heterocycles. The maximum atomic E-state index is 12.5. The summed E-state index contributed by atoms with van der Waals surface area (Å²) in [5.41, 5.74) is 1.62. The first kappa shape index (κ1) is 17.8. The third kappa shape index (κ3) is 4.54. The number of hydrogen-bond donors (Lipinski definition) is 2. The minimum absolute atomic E-state index is 0.140. The zero-order valence-corrected chi connectivity index (χ0v) is 14.9. The molecule has 1 aromatic carbocycles. The standard InChI is InChI=1S/C18H22N6O2/c1-13(25)20-14-3-5-15(6-4-14)21-17(26)16-7-8-19-18(22-16)24-11-9-23(2)10-12-24/h3-8H,9-12H2,1-2H3,(H,20,25)(H,21,26). The molecule has 2 aromatic rings. The number of anilines is 3. The Morgan fingerprint density at radius 1 is 0.962 bits per heavy atom. The van der Waals surface area contributed by atoms with Crippen molar-refractivity contribution in [3.8, 4) is 0 Å². The Kier molecular flexibility index (Phi) is 5.43. The molecule has 26 heavy (non-hydrogen) atoms. The van der Waals surface area contributed by atoms with Crippen LogP contribution in [0.2, 0.25) is 0 Å². The lowest BCUT2D eigenvalue weighted by atomic mass is 10.2. The third-order valence-electron chi connectivity index (χ3n) is 4.12. The fourth-order valence-electron chi connectivity index (χ4n) is 2.67. The van der Waals surface area contributed by atoms with Crippen molar-refractivity contribution in [3.63, 3.8) is 0 Å². The molecule has 0 atom stereocenters. The lowest BCUT2D eigenvalue weighted by Crippen LogP contribution is -2.45. The van der Waals surface area contributed by atoms with E-state index >= 15 is 0 Å². The predicted molar refractivity (Wildman–Crippen MR) is 100 cm³/mol. The monoisotopic (exact) mass is 354 g/mol. The van der Waals surface area contributed by atoms with E-state index in [2.05, 4.69) is 37.4 Å². The molecule has 3 rings (SSSR count). The first-order chi connectivity index (χ1) is 12.5. The van der Waals surface area contributed by atoms with Crippen molar-refractivity contribution in [2.45, 2.75) is 6.92 Å². The number of nitrogens with one attached hydrogen (secondary N) is 2. The average molecular weight is 354 g/mol. The van der Waals surface area contributed by atoms with E-state index in [0.717, 1.165) is 26.2 Å². The topological polar surface area (TPSA) is 90.5 Å². The molecule has 0 unspecified atom stereocenters. The second-order valence-corrected chi connectivity index (χ2v) is 6.24. The van der Waals surface area contributed by atoms with Gasteiger partial charge in [0.15, 0.2) is 0 Å². The molecule has 136 valence electrons. The Bertz CT molecular complexity index is 785. The molecule has 0 spiro atoms. The number of benzene rings is 1. The maximum Gasteiger partial charge on any atom is 0.274 e. The van der Waals surface area contributed by atoms with E-state index in [1.807, 2.05) is 0 Å². The van der Waals surface area contributed by atoms with Gasteiger partial charge in [-0.2, -0.15) is 0 Å². The summed E-state index contributed by atoms with van der Waals surface area (Å²) in [6, 6.07) is 8.51. The van der Waals surface area contributed by atoms with E-state index < -0.39 is 0 Å². The quantitative estimate of drug-likeness (QED) is 0.863. The molecular formula is C18H22N6O2. The van der Waals surface area contributed by atoms with Crippen molar-refractivity contribution < 1.29 is 9.59 Å². The van der Waals surface area contributed by atoms with Crippen LogP contribution in [0.15, 0.2) is 36.5 Å². The molecule has 2 heterocycles. The lowest BCUT2D eigenvalue weighted by Gasteiger charge is -2.32. The Morgan fingerprint density at radius 2 is 1.58 bits per heavy atom. The highest BCUT2D eigenvalue weighted by Gasteiger charge is 2.18. The number of likely N-dealkylation sites (N-methyl/N-ethyl adjacent to an activating group) is 1. The van der Waals surface area contributed by atoms with Crippen molar-refractivity contribution in [1.29, 1.82) is 0 Å². The van der Waals surface area contributed by atoms with E-state index in [9.17, 15) is 9.59 Å². The van der Waals surface area contributed by atoms with Crippen molar-refractivity contribution in [2.24, 2.45) is 0 Å². The van der Waals surface area contributed by atoms with Crippen LogP contribution in [0.25, 0.3) is 0 Å². The average Bonchev–Trinajstić information content (AvgIpc) is 2.63. The molecule has 8 nitrogen and oxygen atoms in total. The number of amides is 2. The summed E-state index contributed by atoms with van der Waals surface area (Å²) in [7, 11) is 2.08. The van der Waals surface area contributed by atoms with Crippen molar-refractivity contribution in [1.82, 2.24) is 14.9 Å². The Hall–Kier alpha value is -3.00. The van der Waals surface area contributed by atoms with Crippen LogP contribution >= 0.6 is 0 Å². The smallest absolute Gasteiger partial charge is 0.274 e. The fourth-order valence-corrected chi connectivity index (χ4v) is 2.67. The molecule has 1 aromatic heterocycles. The Balaban J connectivity index is 1.66. The number of piperazine rings is 1. The minimum Gasteiger partial charge on any atom is -0.338 e. The van der Waals surface area contributed by atoms with Gasteiger partial charge in [0, 0.05) is 50.7 Å². The zero-order valence-electron chi connectivity index (χ0n) is 14.9. The number of hydrogen-bond acceptors (Lipinski definition) is 6. The minimum atomic E-state index is -0.296. The van der Waals surface area contributed by atoms with Gasteiger partial charge in [-0.3, -0.25) is 9.59 Å². The van der Waals surface area contributed by atoms with E-state index in [0.29, 0.717) is 23.0 Å². The van der Waals surface area contributed by atoms with Crippen LogP contribution in [0.1, 0.15) is 17.4 Å². The van der Waals surface area contributed by atoms with Gasteiger partial charge in [0.2, 0.25) is 11.9 Å². The van der Waals surface area contributed by atoms with Crippen LogP contribution in [-0.2, 0) is 4.79 Å². The lowest BCUT2D eigenvalue weighted by molar-refractivity contribution is -0.114. The van der Waals surface area contributed by atoms with Gasteiger partial charge >= 0.3 is 0 Å². The van der Waals surface area contributed by atoms with Crippen LogP contribution in [0.3, 0.4) is 0 Å². The number of aromatic nitrogens is 2. The zero-order chi connectivity index (χ0) is 18.5. The number of rotatable bonds is 4.